The van der Waals surface area contributed by atoms with Gasteiger partial charge in [0.2, 0.25) is 0 Å². The highest BCUT2D eigenvalue weighted by Gasteiger charge is 2.29. The highest BCUT2D eigenvalue weighted by molar-refractivity contribution is 5.20. The molecule has 0 heterocycles. The van der Waals surface area contributed by atoms with Crippen LogP contribution < -0.4 is 0 Å². The van der Waals surface area contributed by atoms with Gasteiger partial charge in [0.25, 0.3) is 0 Å². The zero-order valence-corrected chi connectivity index (χ0v) is 11.5. The predicted molar refractivity (Wildman–Crippen MR) is 77.7 cm³/mol. The van der Waals surface area contributed by atoms with Crippen molar-refractivity contribution in [3.8, 4) is 0 Å². The molecule has 0 aliphatic heterocycles. The van der Waals surface area contributed by atoms with Crippen LogP contribution in [0.2, 0.25) is 0 Å². The second-order valence-electron chi connectivity index (χ2n) is 6.43. The lowest BCUT2D eigenvalue weighted by molar-refractivity contribution is 0.183. The summed E-state index contributed by atoms with van der Waals surface area (Å²) in [5, 5.41) is 0. The molecule has 18 heavy (non-hydrogen) atoms. The summed E-state index contributed by atoms with van der Waals surface area (Å²) < 4.78 is 0. The van der Waals surface area contributed by atoms with Gasteiger partial charge in [-0.1, -0.05) is 75.3 Å². The monoisotopic (exact) mass is 242 g/mol. The van der Waals surface area contributed by atoms with E-state index in [1.54, 1.807) is 5.56 Å². The maximum atomic E-state index is 2.34. The van der Waals surface area contributed by atoms with Crippen molar-refractivity contribution < 1.29 is 0 Å². The Morgan fingerprint density at radius 1 is 0.667 bits per heavy atom. The van der Waals surface area contributed by atoms with Gasteiger partial charge >= 0.3 is 0 Å². The van der Waals surface area contributed by atoms with Crippen molar-refractivity contribution in [3.05, 3.63) is 35.9 Å². The molecule has 3 rings (SSSR count). The lowest BCUT2D eigenvalue weighted by atomic mass is 9.69. The maximum Gasteiger partial charge on any atom is -0.0159 e. The van der Waals surface area contributed by atoms with Gasteiger partial charge < -0.3 is 0 Å². The molecule has 0 saturated heterocycles. The van der Waals surface area contributed by atoms with E-state index in [1.807, 2.05) is 0 Å². The van der Waals surface area contributed by atoms with Crippen LogP contribution in [0.1, 0.15) is 69.3 Å². The lowest BCUT2D eigenvalue weighted by Crippen LogP contribution is -2.23. The summed E-state index contributed by atoms with van der Waals surface area (Å²) in [6.07, 6.45) is 13.4. The van der Waals surface area contributed by atoms with E-state index in [9.17, 15) is 0 Å². The van der Waals surface area contributed by atoms with Crippen molar-refractivity contribution in [2.24, 2.45) is 11.8 Å². The van der Waals surface area contributed by atoms with Gasteiger partial charge in [0, 0.05) is 0 Å². The summed E-state index contributed by atoms with van der Waals surface area (Å²) in [6.45, 7) is 0. The van der Waals surface area contributed by atoms with E-state index in [2.05, 4.69) is 30.3 Å². The Morgan fingerprint density at radius 3 is 2.17 bits per heavy atom. The molecule has 0 amide bonds. The highest BCUT2D eigenvalue weighted by atomic mass is 14.3. The average molecular weight is 242 g/mol. The minimum Gasteiger partial charge on any atom is -0.0622 e. The Hall–Kier alpha value is -0.780. The number of hydrogen-bond acceptors (Lipinski definition) is 0. The molecule has 2 saturated carbocycles. The Bertz CT molecular complexity index is 348. The minimum absolute atomic E-state index is 0.854. The van der Waals surface area contributed by atoms with E-state index in [1.165, 1.54) is 57.8 Å². The summed E-state index contributed by atoms with van der Waals surface area (Å²) >= 11 is 0. The molecule has 0 nitrogen and oxygen atoms in total. The molecular weight excluding hydrogens is 216 g/mol. The van der Waals surface area contributed by atoms with Gasteiger partial charge in [0.05, 0.1) is 0 Å². The molecule has 2 aliphatic rings. The Labute approximate surface area is 112 Å². The van der Waals surface area contributed by atoms with Gasteiger partial charge in [-0.3, -0.25) is 0 Å². The fraction of sp³-hybridized carbons (Fsp3) is 0.667. The summed E-state index contributed by atoms with van der Waals surface area (Å²) in [7, 11) is 0. The van der Waals surface area contributed by atoms with E-state index in [-0.39, 0.29) is 0 Å². The third-order valence-corrected chi connectivity index (χ3v) is 5.30. The van der Waals surface area contributed by atoms with E-state index in [4.69, 9.17) is 0 Å². The van der Waals surface area contributed by atoms with Crippen molar-refractivity contribution in [1.82, 2.24) is 0 Å². The largest absolute Gasteiger partial charge is 0.0622 e. The van der Waals surface area contributed by atoms with Crippen LogP contribution in [0, 0.1) is 11.8 Å². The van der Waals surface area contributed by atoms with Crippen molar-refractivity contribution in [1.29, 1.82) is 0 Å². The first kappa shape index (κ1) is 12.3. The van der Waals surface area contributed by atoms with Crippen LogP contribution in [0.25, 0.3) is 0 Å². The van der Waals surface area contributed by atoms with Gasteiger partial charge in [-0.15, -0.1) is 0 Å². The Balaban J connectivity index is 1.64. The first-order chi connectivity index (χ1) is 8.93. The normalized spacial score (nSPS) is 30.2. The average Bonchev–Trinajstić information content (AvgIpc) is 2.49. The molecule has 2 aliphatic carbocycles. The summed E-state index contributed by atoms with van der Waals surface area (Å²) in [5.74, 6) is 2.95. The molecule has 0 N–H and O–H groups in total. The first-order valence-electron chi connectivity index (χ1n) is 7.98. The third kappa shape index (κ3) is 2.79. The van der Waals surface area contributed by atoms with Crippen LogP contribution in [-0.4, -0.2) is 0 Å². The summed E-state index contributed by atoms with van der Waals surface area (Å²) in [5.41, 5.74) is 1.60. The fourth-order valence-electron chi connectivity index (χ4n) is 4.29. The molecule has 2 atom stereocenters. The molecule has 0 heteroatoms. The molecule has 1 aromatic carbocycles. The third-order valence-electron chi connectivity index (χ3n) is 5.30. The maximum absolute atomic E-state index is 2.34. The zero-order chi connectivity index (χ0) is 12.2. The highest BCUT2D eigenvalue weighted by Crippen LogP contribution is 2.43. The van der Waals surface area contributed by atoms with Crippen molar-refractivity contribution in [2.75, 3.05) is 0 Å². The smallest absolute Gasteiger partial charge is 0.0159 e. The quantitative estimate of drug-likeness (QED) is 0.638. The van der Waals surface area contributed by atoms with Crippen LogP contribution in [0.3, 0.4) is 0 Å². The second-order valence-corrected chi connectivity index (χ2v) is 6.43. The minimum atomic E-state index is 0.854. The van der Waals surface area contributed by atoms with Crippen LogP contribution in [0.5, 0.6) is 0 Å². The molecular formula is C18H26. The standard InChI is InChI=1S/C18H26/c1-3-8-15(9-4-1)17-12-7-13-18(14-17)16-10-5-2-6-11-16/h1,3-4,8-9,16-18H,2,5-7,10-14H2/t17-,18-/m0/s1. The molecule has 1 aromatic rings. The molecule has 0 radical (unpaired) electrons. The number of benzene rings is 1. The van der Waals surface area contributed by atoms with Crippen LogP contribution in [0.4, 0.5) is 0 Å². The van der Waals surface area contributed by atoms with Gasteiger partial charge in [0.15, 0.2) is 0 Å². The zero-order valence-electron chi connectivity index (χ0n) is 11.5. The van der Waals surface area contributed by atoms with Crippen LogP contribution >= 0.6 is 0 Å². The van der Waals surface area contributed by atoms with E-state index in [0.717, 1.165) is 17.8 Å². The molecule has 0 spiro atoms. The van der Waals surface area contributed by atoms with Crippen molar-refractivity contribution in [2.45, 2.75) is 63.7 Å². The summed E-state index contributed by atoms with van der Waals surface area (Å²) in [4.78, 5) is 0. The SMILES string of the molecule is c1ccc([C@H]2CCC[C@H](C3CCCCC3)C2)cc1. The Kier molecular flexibility index (Phi) is 4.02. The van der Waals surface area contributed by atoms with Gasteiger partial charge in [0.1, 0.15) is 0 Å². The molecule has 2 fully saturated rings. The van der Waals surface area contributed by atoms with Gasteiger partial charge in [-0.05, 0) is 36.2 Å². The van der Waals surface area contributed by atoms with E-state index in [0.29, 0.717) is 0 Å². The van der Waals surface area contributed by atoms with Crippen LogP contribution in [-0.2, 0) is 0 Å². The van der Waals surface area contributed by atoms with Gasteiger partial charge in [-0.2, -0.15) is 0 Å². The second kappa shape index (κ2) is 5.91. The molecule has 0 bridgehead atoms. The Morgan fingerprint density at radius 2 is 1.39 bits per heavy atom. The van der Waals surface area contributed by atoms with E-state index < -0.39 is 0 Å². The lowest BCUT2D eigenvalue weighted by Gasteiger charge is -2.36. The number of rotatable bonds is 2. The van der Waals surface area contributed by atoms with Gasteiger partial charge in [-0.25, -0.2) is 0 Å². The molecule has 0 aromatic heterocycles. The first-order valence-corrected chi connectivity index (χ1v) is 7.98. The van der Waals surface area contributed by atoms with Crippen molar-refractivity contribution >= 4 is 0 Å². The van der Waals surface area contributed by atoms with E-state index >= 15 is 0 Å². The van der Waals surface area contributed by atoms with Crippen molar-refractivity contribution in [3.63, 3.8) is 0 Å². The molecule has 0 unspecified atom stereocenters. The predicted octanol–water partition coefficient (Wildman–Crippen LogP) is 5.54. The topological polar surface area (TPSA) is 0 Å². The number of hydrogen-bond donors (Lipinski definition) is 0. The summed E-state index contributed by atoms with van der Waals surface area (Å²) in [6, 6.07) is 11.2. The molecule has 98 valence electrons. The fourth-order valence-corrected chi connectivity index (χ4v) is 4.29. The van der Waals surface area contributed by atoms with Crippen LogP contribution in [0.15, 0.2) is 30.3 Å².